The fourth-order valence-corrected chi connectivity index (χ4v) is 5.20. The number of fused-ring (bicyclic) bond motifs is 1. The third-order valence-corrected chi connectivity index (χ3v) is 7.02. The molecule has 7 nitrogen and oxygen atoms in total. The van der Waals surface area contributed by atoms with Gasteiger partial charge in [0.2, 0.25) is 0 Å². The Balaban J connectivity index is 1.56. The molecule has 4 aromatic rings. The van der Waals surface area contributed by atoms with E-state index < -0.39 is 0 Å². The predicted molar refractivity (Wildman–Crippen MR) is 141 cm³/mol. The van der Waals surface area contributed by atoms with Gasteiger partial charge in [0, 0.05) is 22.1 Å². The zero-order chi connectivity index (χ0) is 25.4. The maximum Gasteiger partial charge on any atom is 0.273 e. The molecule has 0 fully saturated rings. The highest BCUT2D eigenvalue weighted by molar-refractivity contribution is 9.10. The van der Waals surface area contributed by atoms with E-state index in [-0.39, 0.29) is 17.7 Å². The van der Waals surface area contributed by atoms with E-state index in [1.165, 1.54) is 0 Å². The van der Waals surface area contributed by atoms with E-state index in [9.17, 15) is 9.90 Å². The maximum atomic E-state index is 13.6. The van der Waals surface area contributed by atoms with Crippen LogP contribution in [0.2, 0.25) is 0 Å². The summed E-state index contributed by atoms with van der Waals surface area (Å²) in [6.07, 6.45) is 0.624. The Hall–Kier alpha value is -3.78. The third-order valence-electron chi connectivity index (χ3n) is 6.52. The summed E-state index contributed by atoms with van der Waals surface area (Å²) >= 11 is 3.57. The van der Waals surface area contributed by atoms with Gasteiger partial charge in [0.15, 0.2) is 11.5 Å². The van der Waals surface area contributed by atoms with Crippen LogP contribution >= 0.6 is 15.9 Å². The minimum absolute atomic E-state index is 0.124. The number of halogens is 1. The Labute approximate surface area is 217 Å². The number of rotatable bonds is 7. The molecular weight excluding hydrogens is 522 g/mol. The Morgan fingerprint density at radius 2 is 1.86 bits per heavy atom. The number of hydrogen-bond donors (Lipinski definition) is 2. The number of aromatic nitrogens is 2. The van der Waals surface area contributed by atoms with Crippen LogP contribution in [0.15, 0.2) is 65.1 Å². The molecule has 1 amide bonds. The molecule has 2 N–H and O–H groups in total. The topological polar surface area (TPSA) is 87.7 Å². The summed E-state index contributed by atoms with van der Waals surface area (Å²) in [5.74, 6) is 1.31. The van der Waals surface area contributed by atoms with Crippen molar-refractivity contribution in [1.82, 2.24) is 15.1 Å². The number of hydrogen-bond acceptors (Lipinski definition) is 5. The monoisotopic (exact) mass is 547 g/mol. The van der Waals surface area contributed by atoms with Crippen LogP contribution in [0.4, 0.5) is 0 Å². The van der Waals surface area contributed by atoms with Gasteiger partial charge in [-0.2, -0.15) is 5.10 Å². The van der Waals surface area contributed by atoms with Gasteiger partial charge in [-0.15, -0.1) is 0 Å². The number of nitrogens with zero attached hydrogens (tertiary/aromatic N) is 2. The lowest BCUT2D eigenvalue weighted by atomic mass is 9.95. The second kappa shape index (κ2) is 9.70. The van der Waals surface area contributed by atoms with Crippen LogP contribution in [0, 0.1) is 6.92 Å². The van der Waals surface area contributed by atoms with E-state index in [0.29, 0.717) is 41.4 Å². The highest BCUT2D eigenvalue weighted by atomic mass is 79.9. The number of benzene rings is 3. The van der Waals surface area contributed by atoms with E-state index in [2.05, 4.69) is 26.1 Å². The molecule has 1 aliphatic heterocycles. The smallest absolute Gasteiger partial charge is 0.273 e. The van der Waals surface area contributed by atoms with Crippen molar-refractivity contribution < 1.29 is 19.4 Å². The zero-order valence-corrected chi connectivity index (χ0v) is 21.8. The molecule has 1 aromatic heterocycles. The predicted octanol–water partition coefficient (Wildman–Crippen LogP) is 5.66. The fourth-order valence-electron chi connectivity index (χ4n) is 4.78. The van der Waals surface area contributed by atoms with Crippen LogP contribution in [-0.2, 0) is 6.42 Å². The quantitative estimate of drug-likeness (QED) is 0.311. The summed E-state index contributed by atoms with van der Waals surface area (Å²) < 4.78 is 11.7. The summed E-state index contributed by atoms with van der Waals surface area (Å²) in [7, 11) is 3.21. The van der Waals surface area contributed by atoms with Gasteiger partial charge in [-0.25, -0.2) is 0 Å². The molecule has 0 radical (unpaired) electrons. The van der Waals surface area contributed by atoms with Crippen molar-refractivity contribution in [1.29, 1.82) is 0 Å². The molecular formula is C28H26BrN3O4. The van der Waals surface area contributed by atoms with Crippen LogP contribution in [-0.4, -0.2) is 46.9 Å². The molecule has 2 heterocycles. The Kier molecular flexibility index (Phi) is 6.45. The molecule has 184 valence electrons. The Bertz CT molecular complexity index is 1450. The number of amides is 1. The number of ether oxygens (including phenoxy) is 2. The number of aromatic amines is 1. The molecule has 1 atom stereocenters. The average molecular weight is 548 g/mol. The number of aryl methyl sites for hydroxylation is 1. The van der Waals surface area contributed by atoms with Gasteiger partial charge in [0.25, 0.3) is 5.91 Å². The molecule has 36 heavy (non-hydrogen) atoms. The number of aromatic hydroxyl groups is 1. The van der Waals surface area contributed by atoms with E-state index in [0.717, 1.165) is 26.7 Å². The average Bonchev–Trinajstić information content (AvgIpc) is 3.42. The number of H-pyrrole nitrogens is 1. The van der Waals surface area contributed by atoms with Crippen LogP contribution in [0.5, 0.6) is 17.2 Å². The minimum atomic E-state index is -0.362. The molecule has 0 aliphatic carbocycles. The number of nitrogens with one attached hydrogen (secondary N) is 1. The van der Waals surface area contributed by atoms with Gasteiger partial charge < -0.3 is 19.5 Å². The van der Waals surface area contributed by atoms with Crippen molar-refractivity contribution in [3.8, 4) is 28.5 Å². The van der Waals surface area contributed by atoms with Crippen LogP contribution in [0.25, 0.3) is 11.3 Å². The molecule has 5 rings (SSSR count). The zero-order valence-electron chi connectivity index (χ0n) is 20.2. The van der Waals surface area contributed by atoms with Gasteiger partial charge in [-0.1, -0.05) is 45.8 Å². The fraction of sp³-hybridized carbons (Fsp3) is 0.214. The SMILES string of the molecule is COc1ccc(CCN2C(=O)c3[nH]nc(-c4cc(C)ccc4O)c3[C@@H]2c2cccc(Br)c2)cc1OC. The lowest BCUT2D eigenvalue weighted by Gasteiger charge is -2.27. The highest BCUT2D eigenvalue weighted by Crippen LogP contribution is 2.45. The lowest BCUT2D eigenvalue weighted by molar-refractivity contribution is 0.0746. The second-order valence-corrected chi connectivity index (χ2v) is 9.69. The summed E-state index contributed by atoms with van der Waals surface area (Å²) in [4.78, 5) is 15.5. The van der Waals surface area contributed by atoms with Gasteiger partial charge >= 0.3 is 0 Å². The first-order valence-electron chi connectivity index (χ1n) is 11.6. The Morgan fingerprint density at radius 3 is 2.61 bits per heavy atom. The van der Waals surface area contributed by atoms with E-state index in [1.54, 1.807) is 20.3 Å². The van der Waals surface area contributed by atoms with Crippen LogP contribution < -0.4 is 9.47 Å². The molecule has 0 bridgehead atoms. The van der Waals surface area contributed by atoms with Gasteiger partial charge in [-0.05, 0) is 60.9 Å². The first-order valence-corrected chi connectivity index (χ1v) is 12.4. The van der Waals surface area contributed by atoms with E-state index in [4.69, 9.17) is 9.47 Å². The number of methoxy groups -OCH3 is 2. The van der Waals surface area contributed by atoms with Crippen LogP contribution in [0.3, 0.4) is 0 Å². The standard InChI is InChI=1S/C28H26BrN3O4/c1-16-7-9-21(33)20(13-16)25-24-26(31-30-25)28(34)32(27(24)18-5-4-6-19(29)15-18)12-11-17-8-10-22(35-2)23(14-17)36-3/h4-10,13-15,27,33H,11-12H2,1-3H3,(H,30,31)/t27-/m0/s1. The van der Waals surface area contributed by atoms with Crippen molar-refractivity contribution in [2.45, 2.75) is 19.4 Å². The lowest BCUT2D eigenvalue weighted by Crippen LogP contribution is -2.31. The van der Waals surface area contributed by atoms with Gasteiger partial charge in [0.1, 0.15) is 17.1 Å². The van der Waals surface area contributed by atoms with Crippen LogP contribution in [0.1, 0.15) is 38.8 Å². The van der Waals surface area contributed by atoms with E-state index >= 15 is 0 Å². The maximum absolute atomic E-state index is 13.6. The molecule has 0 spiro atoms. The van der Waals surface area contributed by atoms with Gasteiger partial charge in [-0.3, -0.25) is 9.89 Å². The first-order chi connectivity index (χ1) is 17.4. The molecule has 3 aromatic carbocycles. The largest absolute Gasteiger partial charge is 0.507 e. The summed E-state index contributed by atoms with van der Waals surface area (Å²) in [6, 6.07) is 18.8. The summed E-state index contributed by atoms with van der Waals surface area (Å²) in [6.45, 7) is 2.44. The summed E-state index contributed by atoms with van der Waals surface area (Å²) in [5.41, 5.74) is 5.38. The van der Waals surface area contributed by atoms with Crippen molar-refractivity contribution >= 4 is 21.8 Å². The van der Waals surface area contributed by atoms with E-state index in [1.807, 2.05) is 66.4 Å². The molecule has 0 saturated carbocycles. The number of carbonyl (C=O) groups excluding carboxylic acids is 1. The van der Waals surface area contributed by atoms with Gasteiger partial charge in [0.05, 0.1) is 20.3 Å². The van der Waals surface area contributed by atoms with Crippen molar-refractivity contribution in [2.24, 2.45) is 0 Å². The molecule has 8 heteroatoms. The van der Waals surface area contributed by atoms with Crippen molar-refractivity contribution in [3.05, 3.63) is 93.1 Å². The molecule has 1 aliphatic rings. The number of phenolic OH excluding ortho intramolecular Hbond substituents is 1. The summed E-state index contributed by atoms with van der Waals surface area (Å²) in [5, 5.41) is 18.1. The highest BCUT2D eigenvalue weighted by Gasteiger charge is 2.42. The molecule has 0 unspecified atom stereocenters. The normalized spacial score (nSPS) is 14.7. The minimum Gasteiger partial charge on any atom is -0.507 e. The number of phenols is 1. The second-order valence-electron chi connectivity index (χ2n) is 8.78. The first kappa shape index (κ1) is 23.9. The van der Waals surface area contributed by atoms with Crippen molar-refractivity contribution in [3.63, 3.8) is 0 Å². The molecule has 0 saturated heterocycles. The Morgan fingerprint density at radius 1 is 1.06 bits per heavy atom. The third kappa shape index (κ3) is 4.22. The van der Waals surface area contributed by atoms with Crippen molar-refractivity contribution in [2.75, 3.05) is 20.8 Å². The number of carbonyl (C=O) groups is 1.